The van der Waals surface area contributed by atoms with E-state index in [0.29, 0.717) is 18.4 Å². The maximum Gasteiger partial charge on any atom is 0.255 e. The van der Waals surface area contributed by atoms with Gasteiger partial charge in [-0.2, -0.15) is 0 Å². The molecule has 13 nitrogen and oxygen atoms in total. The van der Waals surface area contributed by atoms with Crippen molar-refractivity contribution in [1.29, 1.82) is 0 Å². The van der Waals surface area contributed by atoms with Crippen LogP contribution in [0.4, 0.5) is 8.78 Å². The molecule has 1 saturated heterocycles. The molecule has 1 fully saturated rings. The SMILES string of the molecule is CC1(C)CCOc2c(C(=O)NC3CN4C(N)=N[C@@H](CNC(=O)c5cc(F)cc(F)c5)[C@@H]5N=C(N)N[C@@]54C3(O)O)cccc21. The fraction of sp³-hybridized carbons (Fsp3) is 0.429. The van der Waals surface area contributed by atoms with Gasteiger partial charge in [-0.15, -0.1) is 0 Å². The van der Waals surface area contributed by atoms with Crippen molar-refractivity contribution < 1.29 is 33.3 Å². The van der Waals surface area contributed by atoms with Crippen LogP contribution in [0.3, 0.4) is 0 Å². The molecule has 15 heteroatoms. The summed E-state index contributed by atoms with van der Waals surface area (Å²) in [6.45, 7) is 4.13. The predicted molar refractivity (Wildman–Crippen MR) is 150 cm³/mol. The second kappa shape index (κ2) is 9.77. The lowest BCUT2D eigenvalue weighted by Crippen LogP contribution is -2.78. The molecule has 228 valence electrons. The standard InChI is InChI=1S/C28H32F2N8O5/c1-26(2)6-7-43-20-16(4-3-5-17(20)26)23(40)35-19-12-38-25(32)34-18(21-27(38,28(19,41)42)37-24(31)36-21)11-33-22(39)13-8-14(29)10-15(30)9-13/h3-5,8-10,18-19,21,41-42H,6-7,11-12H2,1-2H3,(H2,32,34)(H,33,39)(H,35,40)(H3,31,36,37)/t18-,19?,21-,27-/m0/s1. The van der Waals surface area contributed by atoms with Gasteiger partial charge in [-0.25, -0.2) is 18.8 Å². The number of aliphatic imine (C=N–C) groups is 2. The molecule has 0 aliphatic carbocycles. The molecule has 6 rings (SSSR count). The van der Waals surface area contributed by atoms with Gasteiger partial charge < -0.3 is 47.3 Å². The number of hydrogen-bond acceptors (Lipinski definition) is 11. The zero-order valence-corrected chi connectivity index (χ0v) is 23.4. The van der Waals surface area contributed by atoms with Crippen LogP contribution >= 0.6 is 0 Å². The molecule has 4 atom stereocenters. The van der Waals surface area contributed by atoms with Crippen LogP contribution in [0.1, 0.15) is 46.5 Å². The number of ether oxygens (including phenoxy) is 1. The molecule has 1 unspecified atom stereocenters. The zero-order valence-electron chi connectivity index (χ0n) is 23.4. The van der Waals surface area contributed by atoms with Gasteiger partial charge in [-0.1, -0.05) is 26.0 Å². The van der Waals surface area contributed by atoms with E-state index >= 15 is 0 Å². The van der Waals surface area contributed by atoms with Crippen molar-refractivity contribution in [1.82, 2.24) is 20.9 Å². The summed E-state index contributed by atoms with van der Waals surface area (Å²) in [5.41, 5.74) is 11.1. The Kier molecular flexibility index (Phi) is 6.50. The number of amides is 2. The van der Waals surface area contributed by atoms with E-state index in [9.17, 15) is 28.6 Å². The summed E-state index contributed by atoms with van der Waals surface area (Å²) in [7, 11) is 0. The minimum absolute atomic E-state index is 0.129. The van der Waals surface area contributed by atoms with Crippen LogP contribution in [0.25, 0.3) is 0 Å². The molecule has 0 aromatic heterocycles. The third-order valence-corrected chi connectivity index (χ3v) is 8.67. The summed E-state index contributed by atoms with van der Waals surface area (Å²) < 4.78 is 33.2. The lowest BCUT2D eigenvalue weighted by atomic mass is 9.79. The van der Waals surface area contributed by atoms with Gasteiger partial charge in [-0.05, 0) is 30.0 Å². The molecule has 4 heterocycles. The molecule has 0 bridgehead atoms. The molecule has 2 amide bonds. The summed E-state index contributed by atoms with van der Waals surface area (Å²) in [5, 5.41) is 31.5. The monoisotopic (exact) mass is 598 g/mol. The molecule has 2 aromatic rings. The van der Waals surface area contributed by atoms with Gasteiger partial charge in [-0.3, -0.25) is 9.59 Å². The van der Waals surface area contributed by atoms with Crippen LogP contribution in [0.2, 0.25) is 0 Å². The highest BCUT2D eigenvalue weighted by atomic mass is 19.1. The van der Waals surface area contributed by atoms with Gasteiger partial charge in [0.05, 0.1) is 18.2 Å². The number of para-hydroxylation sites is 1. The number of rotatable bonds is 5. The topological polar surface area (TPSA) is 200 Å². The van der Waals surface area contributed by atoms with Crippen LogP contribution in [-0.2, 0) is 5.41 Å². The van der Waals surface area contributed by atoms with Gasteiger partial charge in [0, 0.05) is 30.3 Å². The first-order valence-electron chi connectivity index (χ1n) is 13.7. The highest BCUT2D eigenvalue weighted by Gasteiger charge is 2.73. The van der Waals surface area contributed by atoms with E-state index in [-0.39, 0.29) is 41.6 Å². The third-order valence-electron chi connectivity index (χ3n) is 8.67. The Morgan fingerprint density at radius 3 is 2.58 bits per heavy atom. The highest BCUT2D eigenvalue weighted by Crippen LogP contribution is 2.45. The van der Waals surface area contributed by atoms with E-state index in [1.807, 2.05) is 6.07 Å². The molecule has 0 radical (unpaired) electrons. The molecular formula is C28H32F2N8O5. The lowest BCUT2D eigenvalue weighted by Gasteiger charge is -2.49. The first kappa shape index (κ1) is 28.6. The Bertz CT molecular complexity index is 1560. The van der Waals surface area contributed by atoms with E-state index in [4.69, 9.17) is 16.2 Å². The number of benzene rings is 2. The number of carbonyl (C=O) groups is 2. The van der Waals surface area contributed by atoms with Crippen molar-refractivity contribution in [3.8, 4) is 5.75 Å². The van der Waals surface area contributed by atoms with Crippen LogP contribution in [0, 0.1) is 11.6 Å². The smallest absolute Gasteiger partial charge is 0.255 e. The van der Waals surface area contributed by atoms with Crippen LogP contribution in [0.5, 0.6) is 5.75 Å². The maximum atomic E-state index is 13.6. The second-order valence-corrected chi connectivity index (χ2v) is 11.8. The fourth-order valence-corrected chi connectivity index (χ4v) is 6.42. The number of hydrogen-bond donors (Lipinski definition) is 7. The lowest BCUT2D eigenvalue weighted by molar-refractivity contribution is -0.230. The predicted octanol–water partition coefficient (Wildman–Crippen LogP) is -0.770. The summed E-state index contributed by atoms with van der Waals surface area (Å²) in [6, 6.07) is 4.25. The van der Waals surface area contributed by atoms with E-state index in [1.54, 1.807) is 12.1 Å². The summed E-state index contributed by atoms with van der Waals surface area (Å²) in [5.74, 6) is -5.77. The number of guanidine groups is 2. The van der Waals surface area contributed by atoms with Gasteiger partial charge >= 0.3 is 0 Å². The molecule has 4 aliphatic rings. The van der Waals surface area contributed by atoms with Crippen molar-refractivity contribution >= 4 is 23.7 Å². The van der Waals surface area contributed by atoms with E-state index in [1.165, 1.54) is 4.90 Å². The Balaban J connectivity index is 1.26. The second-order valence-electron chi connectivity index (χ2n) is 11.8. The van der Waals surface area contributed by atoms with E-state index in [0.717, 1.165) is 24.1 Å². The molecule has 2 aromatic carbocycles. The quantitative estimate of drug-likeness (QED) is 0.216. The van der Waals surface area contributed by atoms with Crippen molar-refractivity contribution in [3.05, 3.63) is 64.7 Å². The van der Waals surface area contributed by atoms with Crippen LogP contribution in [0.15, 0.2) is 46.4 Å². The largest absolute Gasteiger partial charge is 0.492 e. The number of nitrogens with two attached hydrogens (primary N) is 2. The highest BCUT2D eigenvalue weighted by molar-refractivity contribution is 5.98. The minimum Gasteiger partial charge on any atom is -0.492 e. The van der Waals surface area contributed by atoms with Crippen molar-refractivity contribution in [3.63, 3.8) is 0 Å². The van der Waals surface area contributed by atoms with Crippen LogP contribution in [-0.4, -0.2) is 88.1 Å². The number of nitrogens with zero attached hydrogens (tertiary/aromatic N) is 3. The Labute approximate surface area is 245 Å². The Morgan fingerprint density at radius 1 is 1.14 bits per heavy atom. The number of fused-ring (bicyclic) bond motifs is 1. The third kappa shape index (κ3) is 4.41. The van der Waals surface area contributed by atoms with E-state index in [2.05, 4.69) is 39.8 Å². The van der Waals surface area contributed by atoms with Gasteiger partial charge in [0.2, 0.25) is 5.79 Å². The number of nitrogens with one attached hydrogen (secondary N) is 3. The minimum atomic E-state index is -2.71. The van der Waals surface area contributed by atoms with Crippen molar-refractivity contribution in [2.75, 3.05) is 19.7 Å². The van der Waals surface area contributed by atoms with Crippen LogP contribution < -0.4 is 32.2 Å². The van der Waals surface area contributed by atoms with Crippen molar-refractivity contribution in [2.24, 2.45) is 21.5 Å². The molecule has 4 aliphatic heterocycles. The molecule has 43 heavy (non-hydrogen) atoms. The van der Waals surface area contributed by atoms with Gasteiger partial charge in [0.1, 0.15) is 29.5 Å². The first-order valence-corrected chi connectivity index (χ1v) is 13.7. The van der Waals surface area contributed by atoms with Gasteiger partial charge in [0.25, 0.3) is 11.8 Å². The molecule has 0 saturated carbocycles. The molecule has 9 N–H and O–H groups in total. The average molecular weight is 599 g/mol. The van der Waals surface area contributed by atoms with Crippen molar-refractivity contribution in [2.45, 2.75) is 55.3 Å². The number of carbonyl (C=O) groups excluding carboxylic acids is 2. The summed E-state index contributed by atoms with van der Waals surface area (Å²) in [4.78, 5) is 36.3. The van der Waals surface area contributed by atoms with Gasteiger partial charge in [0.15, 0.2) is 17.6 Å². The molecular weight excluding hydrogens is 566 g/mol. The Hall–Kier alpha value is -4.50. The van der Waals surface area contributed by atoms with E-state index < -0.39 is 53.0 Å². The number of aliphatic hydroxyl groups is 2. The first-order chi connectivity index (χ1) is 20.2. The fourth-order valence-electron chi connectivity index (χ4n) is 6.42. The molecule has 1 spiro atoms. The maximum absolute atomic E-state index is 13.6. The zero-order chi connectivity index (χ0) is 30.9. The average Bonchev–Trinajstić information content (AvgIpc) is 3.40. The Morgan fingerprint density at radius 2 is 1.86 bits per heavy atom. The normalized spacial score (nSPS) is 27.9. The summed E-state index contributed by atoms with van der Waals surface area (Å²) in [6.07, 6.45) is 0.773. The number of halogens is 2. The summed E-state index contributed by atoms with van der Waals surface area (Å²) >= 11 is 0.